The molecule has 0 aliphatic heterocycles. The lowest BCUT2D eigenvalue weighted by molar-refractivity contribution is -0.115. The monoisotopic (exact) mass is 452 g/mol. The van der Waals surface area contributed by atoms with Crippen LogP contribution in [0.25, 0.3) is 10.2 Å². The number of ether oxygens (including phenoxy) is 1. The minimum Gasteiger partial charge on any atom is -0.380 e. The fourth-order valence-corrected chi connectivity index (χ4v) is 5.45. The van der Waals surface area contributed by atoms with Crippen LogP contribution in [0.5, 0.6) is 0 Å². The largest absolute Gasteiger partial charge is 0.380 e. The van der Waals surface area contributed by atoms with Gasteiger partial charge in [-0.2, -0.15) is 4.99 Å². The van der Waals surface area contributed by atoms with Crippen molar-refractivity contribution >= 4 is 48.9 Å². The van der Waals surface area contributed by atoms with Gasteiger partial charge in [-0.25, -0.2) is 8.42 Å². The van der Waals surface area contributed by atoms with Crippen LogP contribution in [0.3, 0.4) is 0 Å². The van der Waals surface area contributed by atoms with E-state index in [9.17, 15) is 13.2 Å². The Morgan fingerprint density at radius 3 is 2.69 bits per heavy atom. The number of nitrogens with zero attached hydrogens (tertiary/aromatic N) is 2. The van der Waals surface area contributed by atoms with Gasteiger partial charge in [-0.15, -0.1) is 0 Å². The molecule has 3 aromatic rings. The number of hydrogen-bond donors (Lipinski definition) is 0. The summed E-state index contributed by atoms with van der Waals surface area (Å²) in [5.74, 6) is -1.52. The van der Waals surface area contributed by atoms with Gasteiger partial charge >= 0.3 is 0 Å². The first-order valence-electron chi connectivity index (χ1n) is 9.06. The SMILES string of the molecule is CCOCCn1c(=NC(=O)CS(=O)(=O)Cc2ccccc2)sc2cc(Cl)ccc21. The molecule has 154 valence electrons. The molecule has 2 aromatic carbocycles. The van der Waals surface area contributed by atoms with Crippen molar-refractivity contribution in [1.29, 1.82) is 0 Å². The van der Waals surface area contributed by atoms with Crippen LogP contribution in [0.15, 0.2) is 53.5 Å². The molecule has 0 radical (unpaired) electrons. The number of rotatable bonds is 8. The van der Waals surface area contributed by atoms with Gasteiger partial charge < -0.3 is 9.30 Å². The molecule has 0 saturated heterocycles. The third kappa shape index (κ3) is 5.99. The van der Waals surface area contributed by atoms with Gasteiger partial charge in [-0.05, 0) is 30.7 Å². The highest BCUT2D eigenvalue weighted by Crippen LogP contribution is 2.22. The van der Waals surface area contributed by atoms with E-state index in [-0.39, 0.29) is 5.75 Å². The minimum absolute atomic E-state index is 0.193. The summed E-state index contributed by atoms with van der Waals surface area (Å²) in [6.07, 6.45) is 0. The Morgan fingerprint density at radius 1 is 1.21 bits per heavy atom. The van der Waals surface area contributed by atoms with Crippen LogP contribution < -0.4 is 4.80 Å². The van der Waals surface area contributed by atoms with E-state index in [2.05, 4.69) is 4.99 Å². The van der Waals surface area contributed by atoms with Crippen molar-refractivity contribution in [1.82, 2.24) is 4.57 Å². The van der Waals surface area contributed by atoms with Crippen LogP contribution >= 0.6 is 22.9 Å². The fraction of sp³-hybridized carbons (Fsp3) is 0.300. The molecule has 0 unspecified atom stereocenters. The smallest absolute Gasteiger partial charge is 0.263 e. The Balaban J connectivity index is 1.87. The summed E-state index contributed by atoms with van der Waals surface area (Å²) in [5.41, 5.74) is 1.52. The van der Waals surface area contributed by atoms with Gasteiger partial charge in [0, 0.05) is 18.2 Å². The van der Waals surface area contributed by atoms with E-state index in [0.29, 0.717) is 35.1 Å². The van der Waals surface area contributed by atoms with Crippen molar-refractivity contribution in [2.45, 2.75) is 19.2 Å². The van der Waals surface area contributed by atoms with Crippen LogP contribution in [-0.2, 0) is 31.7 Å². The normalized spacial score (nSPS) is 12.6. The van der Waals surface area contributed by atoms with Crippen molar-refractivity contribution in [3.05, 3.63) is 63.9 Å². The molecule has 0 N–H and O–H groups in total. The number of fused-ring (bicyclic) bond motifs is 1. The summed E-state index contributed by atoms with van der Waals surface area (Å²) < 4.78 is 32.9. The molecular weight excluding hydrogens is 432 g/mol. The second-order valence-electron chi connectivity index (χ2n) is 6.37. The Labute approximate surface area is 178 Å². The number of carbonyl (C=O) groups is 1. The summed E-state index contributed by atoms with van der Waals surface area (Å²) in [5, 5.41) is 0.582. The fourth-order valence-electron chi connectivity index (χ4n) is 2.85. The third-order valence-electron chi connectivity index (χ3n) is 4.10. The molecule has 29 heavy (non-hydrogen) atoms. The zero-order valence-corrected chi connectivity index (χ0v) is 18.3. The molecule has 0 saturated carbocycles. The maximum absolute atomic E-state index is 12.4. The van der Waals surface area contributed by atoms with E-state index in [1.54, 1.807) is 36.4 Å². The quantitative estimate of drug-likeness (QED) is 0.490. The summed E-state index contributed by atoms with van der Waals surface area (Å²) in [6, 6.07) is 14.2. The standard InChI is InChI=1S/C20H21ClN2O4S2/c1-2-27-11-10-23-17-9-8-16(21)12-18(17)28-20(23)22-19(24)14-29(25,26)13-15-6-4-3-5-7-15/h3-9,12H,2,10-11,13-14H2,1H3. The minimum atomic E-state index is -3.62. The van der Waals surface area contributed by atoms with Gasteiger partial charge in [0.15, 0.2) is 14.6 Å². The summed E-state index contributed by atoms with van der Waals surface area (Å²) in [6.45, 7) is 3.44. The first kappa shape index (κ1) is 21.7. The van der Waals surface area contributed by atoms with Gasteiger partial charge in [0.2, 0.25) is 0 Å². The van der Waals surface area contributed by atoms with E-state index in [1.807, 2.05) is 23.6 Å². The van der Waals surface area contributed by atoms with Crippen LogP contribution in [-0.4, -0.2) is 37.9 Å². The first-order chi connectivity index (χ1) is 13.9. The van der Waals surface area contributed by atoms with Gasteiger partial charge in [0.05, 0.1) is 22.6 Å². The van der Waals surface area contributed by atoms with Crippen molar-refractivity contribution in [3.63, 3.8) is 0 Å². The summed E-state index contributed by atoms with van der Waals surface area (Å²) in [4.78, 5) is 17.0. The molecule has 9 heteroatoms. The van der Waals surface area contributed by atoms with Crippen molar-refractivity contribution in [2.24, 2.45) is 4.99 Å². The Bertz CT molecular complexity index is 1170. The van der Waals surface area contributed by atoms with Crippen molar-refractivity contribution in [2.75, 3.05) is 19.0 Å². The molecule has 0 aliphatic carbocycles. The third-order valence-corrected chi connectivity index (χ3v) is 6.84. The second kappa shape index (κ2) is 9.67. The number of hydrogen-bond acceptors (Lipinski definition) is 5. The van der Waals surface area contributed by atoms with Gasteiger partial charge in [0.1, 0.15) is 5.75 Å². The van der Waals surface area contributed by atoms with Crippen molar-refractivity contribution in [3.8, 4) is 0 Å². The second-order valence-corrected chi connectivity index (χ2v) is 9.88. The highest BCUT2D eigenvalue weighted by molar-refractivity contribution is 7.91. The van der Waals surface area contributed by atoms with E-state index in [1.165, 1.54) is 11.3 Å². The number of thiazole rings is 1. The summed E-state index contributed by atoms with van der Waals surface area (Å²) in [7, 11) is -3.62. The summed E-state index contributed by atoms with van der Waals surface area (Å²) >= 11 is 7.37. The Hall–Kier alpha value is -2.00. The van der Waals surface area contributed by atoms with Crippen LogP contribution in [0.2, 0.25) is 5.02 Å². The van der Waals surface area contributed by atoms with Gasteiger partial charge in [-0.3, -0.25) is 4.79 Å². The topological polar surface area (TPSA) is 77.7 Å². The van der Waals surface area contributed by atoms with Crippen LogP contribution in [0.1, 0.15) is 12.5 Å². The van der Waals surface area contributed by atoms with Crippen molar-refractivity contribution < 1.29 is 17.9 Å². The Morgan fingerprint density at radius 2 is 1.97 bits per heavy atom. The number of carbonyl (C=O) groups excluding carboxylic acids is 1. The maximum atomic E-state index is 12.4. The molecule has 0 atom stereocenters. The number of sulfone groups is 1. The number of benzene rings is 2. The van der Waals surface area contributed by atoms with E-state index >= 15 is 0 Å². The van der Waals surface area contributed by atoms with Gasteiger partial charge in [0.25, 0.3) is 5.91 Å². The molecule has 1 aromatic heterocycles. The molecule has 0 fully saturated rings. The number of aromatic nitrogens is 1. The highest BCUT2D eigenvalue weighted by atomic mass is 35.5. The van der Waals surface area contributed by atoms with E-state index in [4.69, 9.17) is 16.3 Å². The average Bonchev–Trinajstić information content (AvgIpc) is 2.97. The lowest BCUT2D eigenvalue weighted by atomic mass is 10.2. The molecule has 1 heterocycles. The molecular formula is C20H21ClN2O4S2. The maximum Gasteiger partial charge on any atom is 0.263 e. The zero-order valence-electron chi connectivity index (χ0n) is 15.9. The molecule has 0 bridgehead atoms. The molecule has 0 aliphatic rings. The zero-order chi connectivity index (χ0) is 20.9. The van der Waals surface area contributed by atoms with Crippen LogP contribution in [0, 0.1) is 0 Å². The average molecular weight is 453 g/mol. The lowest BCUT2D eigenvalue weighted by Gasteiger charge is -2.05. The number of amides is 1. The lowest BCUT2D eigenvalue weighted by Crippen LogP contribution is -2.23. The van der Waals surface area contributed by atoms with Crippen LogP contribution in [0.4, 0.5) is 0 Å². The van der Waals surface area contributed by atoms with Gasteiger partial charge in [-0.1, -0.05) is 53.3 Å². The van der Waals surface area contributed by atoms with E-state index in [0.717, 1.165) is 10.2 Å². The predicted molar refractivity (Wildman–Crippen MR) is 116 cm³/mol. The number of halogens is 1. The highest BCUT2D eigenvalue weighted by Gasteiger charge is 2.18. The molecule has 1 amide bonds. The first-order valence-corrected chi connectivity index (χ1v) is 12.1. The van der Waals surface area contributed by atoms with E-state index < -0.39 is 21.5 Å². The molecule has 3 rings (SSSR count). The predicted octanol–water partition coefficient (Wildman–Crippen LogP) is 3.44. The Kier molecular flexibility index (Phi) is 7.23. The molecule has 0 spiro atoms. The molecule has 6 nitrogen and oxygen atoms in total.